The average Bonchev–Trinajstić information content (AvgIpc) is 3.96. The molecule has 0 radical (unpaired) electrons. The van der Waals surface area contributed by atoms with Crippen molar-refractivity contribution in [2.45, 2.75) is 36.2 Å². The second-order valence-corrected chi connectivity index (χ2v) is 15.7. The van der Waals surface area contributed by atoms with Crippen molar-refractivity contribution in [3.05, 3.63) is 155 Å². The summed E-state index contributed by atoms with van der Waals surface area (Å²) in [6.45, 7) is 2.63. The monoisotopic (exact) mass is 792 g/mol. The normalized spacial score (nSPS) is 26.0. The number of fused-ring (bicyclic) bond motifs is 4. The first-order valence-corrected chi connectivity index (χ1v) is 20.2. The number of aliphatic hydroxyl groups excluding tert-OH is 1. The first-order chi connectivity index (χ1) is 29.0. The van der Waals surface area contributed by atoms with Crippen LogP contribution in [-0.2, 0) is 31.1 Å². The third kappa shape index (κ3) is 6.12. The summed E-state index contributed by atoms with van der Waals surface area (Å²) < 4.78 is 23.9. The molecule has 300 valence electrons. The van der Waals surface area contributed by atoms with E-state index in [0.29, 0.717) is 55.3 Å². The molecule has 3 saturated heterocycles. The molecule has 5 aromatic carbocycles. The third-order valence-corrected chi connectivity index (χ3v) is 12.6. The maximum atomic E-state index is 15.7. The van der Waals surface area contributed by atoms with Crippen molar-refractivity contribution in [1.82, 2.24) is 14.7 Å². The number of carbonyl (C=O) groups excluding carboxylic acids is 3. The van der Waals surface area contributed by atoms with E-state index in [1.807, 2.05) is 132 Å². The lowest BCUT2D eigenvalue weighted by molar-refractivity contribution is -0.179. The van der Waals surface area contributed by atoms with E-state index in [1.165, 1.54) is 0 Å². The van der Waals surface area contributed by atoms with Gasteiger partial charge in [-0.1, -0.05) is 103 Å². The fourth-order valence-corrected chi connectivity index (χ4v) is 10.1. The molecule has 0 bridgehead atoms. The van der Waals surface area contributed by atoms with Crippen LogP contribution >= 0.6 is 0 Å². The van der Waals surface area contributed by atoms with Crippen molar-refractivity contribution in [2.24, 2.45) is 5.92 Å². The lowest BCUT2D eigenvalue weighted by Crippen LogP contribution is -2.58. The summed E-state index contributed by atoms with van der Waals surface area (Å²) in [5.74, 6) is -0.500. The predicted molar refractivity (Wildman–Crippen MR) is 217 cm³/mol. The van der Waals surface area contributed by atoms with Gasteiger partial charge in [-0.25, -0.2) is 0 Å². The summed E-state index contributed by atoms with van der Waals surface area (Å²) >= 11 is 0. The first kappa shape index (κ1) is 37.1. The highest BCUT2D eigenvalue weighted by atomic mass is 16.7. The van der Waals surface area contributed by atoms with E-state index in [0.717, 1.165) is 28.2 Å². The van der Waals surface area contributed by atoms with Crippen LogP contribution in [-0.4, -0.2) is 89.8 Å². The number of hydrogen-bond donors (Lipinski definition) is 2. The van der Waals surface area contributed by atoms with E-state index in [1.54, 1.807) is 0 Å². The van der Waals surface area contributed by atoms with E-state index in [4.69, 9.17) is 18.9 Å². The molecule has 5 heterocycles. The van der Waals surface area contributed by atoms with E-state index >= 15 is 14.4 Å². The Labute approximate surface area is 341 Å². The summed E-state index contributed by atoms with van der Waals surface area (Å²) in [7, 11) is 0. The number of morpholine rings is 1. The molecule has 12 nitrogen and oxygen atoms in total. The highest BCUT2D eigenvalue weighted by molar-refractivity contribution is 6.12. The number of piperazine rings is 1. The zero-order chi connectivity index (χ0) is 40.1. The van der Waals surface area contributed by atoms with Crippen LogP contribution in [0.3, 0.4) is 0 Å². The van der Waals surface area contributed by atoms with Gasteiger partial charge in [-0.15, -0.1) is 0 Å². The Morgan fingerprint density at radius 1 is 0.780 bits per heavy atom. The zero-order valence-electron chi connectivity index (χ0n) is 32.3. The molecule has 5 aliphatic heterocycles. The molecule has 59 heavy (non-hydrogen) atoms. The molecule has 0 aliphatic carbocycles. The molecule has 10 rings (SSSR count). The van der Waals surface area contributed by atoms with Crippen LogP contribution in [0.1, 0.15) is 46.0 Å². The summed E-state index contributed by atoms with van der Waals surface area (Å²) in [4.78, 5) is 52.4. The Morgan fingerprint density at radius 3 is 2.25 bits per heavy atom. The van der Waals surface area contributed by atoms with Crippen LogP contribution in [0, 0.1) is 5.92 Å². The minimum Gasteiger partial charge on any atom is -0.491 e. The van der Waals surface area contributed by atoms with Crippen molar-refractivity contribution < 1.29 is 38.4 Å². The van der Waals surface area contributed by atoms with Crippen LogP contribution < -0.4 is 19.5 Å². The quantitative estimate of drug-likeness (QED) is 0.187. The molecule has 2 N–H and O–H groups in total. The van der Waals surface area contributed by atoms with Gasteiger partial charge in [0.25, 0.3) is 0 Å². The number of cyclic esters (lactones) is 1. The van der Waals surface area contributed by atoms with Gasteiger partial charge in [0.15, 0.2) is 11.5 Å². The highest BCUT2D eigenvalue weighted by Gasteiger charge is 2.74. The number of para-hydroxylation sites is 2. The van der Waals surface area contributed by atoms with Crippen molar-refractivity contribution in [1.29, 1.82) is 0 Å². The largest absolute Gasteiger partial charge is 0.491 e. The Kier molecular flexibility index (Phi) is 9.55. The molecule has 12 heteroatoms. The maximum absolute atomic E-state index is 15.7. The van der Waals surface area contributed by atoms with Gasteiger partial charge >= 0.3 is 5.97 Å². The number of hydrogen-bond acceptors (Lipinski definition) is 10. The van der Waals surface area contributed by atoms with Gasteiger partial charge < -0.3 is 34.3 Å². The van der Waals surface area contributed by atoms with Gasteiger partial charge in [-0.05, 0) is 46.5 Å². The van der Waals surface area contributed by atoms with Crippen LogP contribution in [0.5, 0.6) is 17.2 Å². The molecule has 2 amide bonds. The molecular weight excluding hydrogens is 749 g/mol. The number of benzene rings is 5. The van der Waals surface area contributed by atoms with E-state index in [-0.39, 0.29) is 31.8 Å². The van der Waals surface area contributed by atoms with Gasteiger partial charge in [0.1, 0.15) is 29.9 Å². The number of anilines is 1. The summed E-state index contributed by atoms with van der Waals surface area (Å²) in [6, 6.07) is 37.7. The van der Waals surface area contributed by atoms with Crippen LogP contribution in [0.15, 0.2) is 127 Å². The predicted octanol–water partition coefficient (Wildman–Crippen LogP) is 5.40. The van der Waals surface area contributed by atoms with Crippen molar-refractivity contribution in [3.63, 3.8) is 0 Å². The highest BCUT2D eigenvalue weighted by Crippen LogP contribution is 2.65. The second kappa shape index (κ2) is 15.2. The van der Waals surface area contributed by atoms with Crippen LogP contribution in [0.25, 0.3) is 0 Å². The zero-order valence-corrected chi connectivity index (χ0v) is 32.3. The van der Waals surface area contributed by atoms with Gasteiger partial charge in [-0.3, -0.25) is 24.2 Å². The molecule has 1 spiro atoms. The second-order valence-electron chi connectivity index (χ2n) is 15.7. The van der Waals surface area contributed by atoms with Crippen molar-refractivity contribution >= 4 is 23.5 Å². The van der Waals surface area contributed by atoms with Gasteiger partial charge in [0, 0.05) is 44.0 Å². The fraction of sp³-hybridized carbons (Fsp3) is 0.298. The smallest absolute Gasteiger partial charge is 0.324 e. The Hall–Kier alpha value is -6.21. The van der Waals surface area contributed by atoms with Crippen LogP contribution in [0.4, 0.5) is 5.69 Å². The summed E-state index contributed by atoms with van der Waals surface area (Å²) in [5.41, 5.74) is 2.99. The number of ether oxygens (including phenoxy) is 4. The Balaban J connectivity index is 1.12. The topological polar surface area (TPSA) is 130 Å². The molecule has 5 aliphatic rings. The fourth-order valence-electron chi connectivity index (χ4n) is 10.1. The molecule has 3 fully saturated rings. The Morgan fingerprint density at radius 2 is 1.47 bits per heavy atom. The molecular formula is C47H44N4O8. The third-order valence-electron chi connectivity index (χ3n) is 12.6. The van der Waals surface area contributed by atoms with E-state index in [2.05, 4.69) is 15.1 Å². The summed E-state index contributed by atoms with van der Waals surface area (Å²) in [6.07, 6.45) is -0.777. The number of nitrogens with one attached hydrogen (secondary N) is 1. The number of esters is 1. The Bertz CT molecular complexity index is 2390. The SMILES string of the molecule is O=C1OC(c2ccccc2)C(c2ccccc2)N2C1C(C(=O)N1CCN(Cc3ccc4c(c3)OCO4)CC1)C1(C(=O)Nc3ccccc31)C2c1ccccc1OCCO. The molecule has 6 unspecified atom stereocenters. The maximum Gasteiger partial charge on any atom is 0.324 e. The van der Waals surface area contributed by atoms with Crippen LogP contribution in [0.2, 0.25) is 0 Å². The average molecular weight is 793 g/mol. The molecule has 6 atom stereocenters. The van der Waals surface area contributed by atoms with Crippen molar-refractivity contribution in [3.8, 4) is 17.2 Å². The number of nitrogens with zero attached hydrogens (tertiary/aromatic N) is 3. The standard InChI is InChI=1S/C47H44N4O8/c52-25-26-56-36-18-10-7-15-33(36)43-47(34-16-8-9-17-35(34)48-46(47)55)39(44(53)50-23-21-49(22-24-50)28-30-19-20-37-38(27-30)58-29-57-37)41-45(54)59-42(32-13-5-2-6-14-32)40(51(41)43)31-11-3-1-4-12-31/h1-20,27,39-43,52H,21-26,28-29H2,(H,48,55). The molecule has 0 saturated carbocycles. The molecule has 0 aromatic heterocycles. The summed E-state index contributed by atoms with van der Waals surface area (Å²) in [5, 5.41) is 13.1. The lowest BCUT2D eigenvalue weighted by Gasteiger charge is -2.46. The number of aliphatic hydroxyl groups is 1. The van der Waals surface area contributed by atoms with Gasteiger partial charge in [0.05, 0.1) is 24.6 Å². The number of carbonyl (C=O) groups is 3. The van der Waals surface area contributed by atoms with Crippen molar-refractivity contribution in [2.75, 3.05) is 51.5 Å². The number of rotatable bonds is 9. The number of amides is 2. The minimum atomic E-state index is -1.60. The molecule has 5 aromatic rings. The van der Waals surface area contributed by atoms with E-state index in [9.17, 15) is 5.11 Å². The van der Waals surface area contributed by atoms with Gasteiger partial charge in [-0.2, -0.15) is 0 Å². The first-order valence-electron chi connectivity index (χ1n) is 20.2. The van der Waals surface area contributed by atoms with E-state index < -0.39 is 41.5 Å². The minimum absolute atomic E-state index is 0.0125. The van der Waals surface area contributed by atoms with Gasteiger partial charge in [0.2, 0.25) is 18.6 Å². The lowest BCUT2D eigenvalue weighted by atomic mass is 9.65.